The first-order chi connectivity index (χ1) is 8.94. The van der Waals surface area contributed by atoms with Gasteiger partial charge in [-0.3, -0.25) is 0 Å². The van der Waals surface area contributed by atoms with Gasteiger partial charge in [-0.25, -0.2) is 18.1 Å². The van der Waals surface area contributed by atoms with Gasteiger partial charge in [0, 0.05) is 17.6 Å². The van der Waals surface area contributed by atoms with E-state index in [1.165, 1.54) is 17.4 Å². The van der Waals surface area contributed by atoms with Crippen LogP contribution >= 0.6 is 11.3 Å². The predicted molar refractivity (Wildman–Crippen MR) is 70.2 cm³/mol. The second-order valence-corrected chi connectivity index (χ2v) is 6.61. The molecule has 1 atom stereocenters. The van der Waals surface area contributed by atoms with Crippen LogP contribution in [0.2, 0.25) is 0 Å². The van der Waals surface area contributed by atoms with Crippen molar-refractivity contribution < 1.29 is 17.9 Å². The summed E-state index contributed by atoms with van der Waals surface area (Å²) in [4.78, 5) is 4.11. The molecule has 2 rings (SSSR count). The molecular weight excluding hydrogens is 288 g/mol. The van der Waals surface area contributed by atoms with Crippen molar-refractivity contribution in [2.45, 2.75) is 31.4 Å². The molecule has 0 bridgehead atoms. The third-order valence-electron chi connectivity index (χ3n) is 2.52. The highest BCUT2D eigenvalue weighted by molar-refractivity contribution is 7.89. The highest BCUT2D eigenvalue weighted by Crippen LogP contribution is 2.23. The molecule has 0 spiro atoms. The van der Waals surface area contributed by atoms with Gasteiger partial charge in [-0.2, -0.15) is 0 Å². The fourth-order valence-corrected chi connectivity index (χ4v) is 3.80. The fraction of sp³-hybridized carbons (Fsp3) is 0.364. The van der Waals surface area contributed by atoms with Crippen LogP contribution in [0.4, 0.5) is 0 Å². The summed E-state index contributed by atoms with van der Waals surface area (Å²) in [6.07, 6.45) is 1.62. The Hall–Kier alpha value is -1.22. The minimum atomic E-state index is -3.69. The Morgan fingerprint density at radius 1 is 1.58 bits per heavy atom. The Balaban J connectivity index is 2.25. The molecule has 1 unspecified atom stereocenters. The second-order valence-electron chi connectivity index (χ2n) is 4.00. The van der Waals surface area contributed by atoms with E-state index in [4.69, 9.17) is 9.52 Å². The van der Waals surface area contributed by atoms with Crippen molar-refractivity contribution in [3.05, 3.63) is 34.2 Å². The topological polar surface area (TPSA) is 92.4 Å². The van der Waals surface area contributed by atoms with Gasteiger partial charge in [0.05, 0.1) is 6.04 Å². The number of sulfonamides is 1. The van der Waals surface area contributed by atoms with Crippen LogP contribution < -0.4 is 4.72 Å². The van der Waals surface area contributed by atoms with Crippen LogP contribution in [0.1, 0.15) is 29.5 Å². The van der Waals surface area contributed by atoms with Crippen molar-refractivity contribution in [1.82, 2.24) is 9.71 Å². The predicted octanol–water partition coefficient (Wildman–Crippen LogP) is 1.58. The number of aryl methyl sites for hydroxylation is 1. The van der Waals surface area contributed by atoms with Gasteiger partial charge < -0.3 is 9.52 Å². The molecule has 2 aromatic rings. The van der Waals surface area contributed by atoms with E-state index >= 15 is 0 Å². The minimum absolute atomic E-state index is 0.0416. The van der Waals surface area contributed by atoms with E-state index in [-0.39, 0.29) is 23.0 Å². The number of rotatable bonds is 5. The Bertz CT molecular complexity index is 646. The molecule has 8 heteroatoms. The Morgan fingerprint density at radius 2 is 2.32 bits per heavy atom. The highest BCUT2D eigenvalue weighted by atomic mass is 32.2. The van der Waals surface area contributed by atoms with Crippen LogP contribution in [0.25, 0.3) is 0 Å². The molecule has 0 saturated heterocycles. The Kier molecular flexibility index (Phi) is 4.04. The van der Waals surface area contributed by atoms with Crippen molar-refractivity contribution in [2.24, 2.45) is 0 Å². The van der Waals surface area contributed by atoms with Crippen molar-refractivity contribution in [3.63, 3.8) is 0 Å². The van der Waals surface area contributed by atoms with Gasteiger partial charge in [0.2, 0.25) is 10.0 Å². The van der Waals surface area contributed by atoms with Crippen molar-refractivity contribution >= 4 is 21.4 Å². The zero-order valence-electron chi connectivity index (χ0n) is 10.5. The van der Waals surface area contributed by atoms with E-state index in [0.717, 1.165) is 0 Å². The summed E-state index contributed by atoms with van der Waals surface area (Å²) in [5.41, 5.74) is 0. The van der Waals surface area contributed by atoms with E-state index in [1.807, 2.05) is 0 Å². The smallest absolute Gasteiger partial charge is 0.244 e. The van der Waals surface area contributed by atoms with Crippen molar-refractivity contribution in [3.8, 4) is 0 Å². The second kappa shape index (κ2) is 5.41. The fourth-order valence-electron chi connectivity index (χ4n) is 1.66. The molecule has 0 aliphatic rings. The average Bonchev–Trinajstić information content (AvgIpc) is 2.96. The Morgan fingerprint density at radius 3 is 2.84 bits per heavy atom. The molecule has 0 radical (unpaired) electrons. The van der Waals surface area contributed by atoms with Gasteiger partial charge in [-0.05, 0) is 13.8 Å². The van der Waals surface area contributed by atoms with E-state index in [0.29, 0.717) is 5.01 Å². The van der Waals surface area contributed by atoms with Crippen LogP contribution in [-0.2, 0) is 16.6 Å². The number of aliphatic hydroxyl groups excluding tert-OH is 1. The van der Waals surface area contributed by atoms with Crippen molar-refractivity contribution in [1.29, 1.82) is 0 Å². The molecular formula is C11H14N2O4S2. The van der Waals surface area contributed by atoms with Crippen LogP contribution in [0, 0.1) is 6.92 Å². The average molecular weight is 302 g/mol. The van der Waals surface area contributed by atoms with E-state index < -0.39 is 16.1 Å². The maximum atomic E-state index is 12.2. The molecule has 2 heterocycles. The third kappa shape index (κ3) is 3.03. The maximum absolute atomic E-state index is 12.2. The SMILES string of the molecule is Cc1oc(CO)cc1S(=O)(=O)NC(C)c1nccs1. The van der Waals surface area contributed by atoms with Gasteiger partial charge in [0.25, 0.3) is 0 Å². The molecule has 0 aromatic carbocycles. The van der Waals surface area contributed by atoms with Crippen molar-refractivity contribution in [2.75, 3.05) is 0 Å². The first-order valence-electron chi connectivity index (χ1n) is 5.56. The lowest BCUT2D eigenvalue weighted by molar-refractivity contribution is 0.244. The van der Waals surface area contributed by atoms with Gasteiger partial charge in [0.15, 0.2) is 0 Å². The van der Waals surface area contributed by atoms with Crippen LogP contribution in [0.15, 0.2) is 27.0 Å². The molecule has 19 heavy (non-hydrogen) atoms. The lowest BCUT2D eigenvalue weighted by Crippen LogP contribution is -2.27. The van der Waals surface area contributed by atoms with Gasteiger partial charge >= 0.3 is 0 Å². The first-order valence-corrected chi connectivity index (χ1v) is 7.92. The first kappa shape index (κ1) is 14.2. The number of thiazole rings is 1. The van der Waals surface area contributed by atoms with Crippen LogP contribution in [-0.4, -0.2) is 18.5 Å². The van der Waals surface area contributed by atoms with Crippen LogP contribution in [0.5, 0.6) is 0 Å². The number of nitrogens with zero attached hydrogens (tertiary/aromatic N) is 1. The molecule has 6 nitrogen and oxygen atoms in total. The summed E-state index contributed by atoms with van der Waals surface area (Å²) < 4.78 is 32.1. The normalized spacial score (nSPS) is 13.6. The zero-order valence-corrected chi connectivity index (χ0v) is 12.1. The maximum Gasteiger partial charge on any atom is 0.244 e. The number of aliphatic hydroxyl groups is 1. The number of furan rings is 1. The van der Waals surface area contributed by atoms with Gasteiger partial charge in [-0.15, -0.1) is 11.3 Å². The lowest BCUT2D eigenvalue weighted by Gasteiger charge is -2.10. The highest BCUT2D eigenvalue weighted by Gasteiger charge is 2.24. The summed E-state index contributed by atoms with van der Waals surface area (Å²) in [5, 5.41) is 11.4. The number of hydrogen-bond acceptors (Lipinski definition) is 6. The lowest BCUT2D eigenvalue weighted by atomic mass is 10.4. The molecule has 2 aromatic heterocycles. The molecule has 2 N–H and O–H groups in total. The largest absolute Gasteiger partial charge is 0.462 e. The van der Waals surface area contributed by atoms with E-state index in [2.05, 4.69) is 9.71 Å². The zero-order chi connectivity index (χ0) is 14.0. The molecule has 0 aliphatic heterocycles. The monoisotopic (exact) mass is 302 g/mol. The quantitative estimate of drug-likeness (QED) is 0.874. The molecule has 0 saturated carbocycles. The summed E-state index contributed by atoms with van der Waals surface area (Å²) >= 11 is 1.38. The summed E-state index contributed by atoms with van der Waals surface area (Å²) in [6.45, 7) is 2.93. The summed E-state index contributed by atoms with van der Waals surface area (Å²) in [7, 11) is -3.69. The van der Waals surface area contributed by atoms with Crippen LogP contribution in [0.3, 0.4) is 0 Å². The Labute approximate surface area is 115 Å². The summed E-state index contributed by atoms with van der Waals surface area (Å²) in [6, 6.07) is 0.906. The van der Waals surface area contributed by atoms with Gasteiger partial charge in [-0.1, -0.05) is 0 Å². The molecule has 0 aliphatic carbocycles. The molecule has 0 fully saturated rings. The number of nitrogens with one attached hydrogen (secondary N) is 1. The van der Waals surface area contributed by atoms with Gasteiger partial charge in [0.1, 0.15) is 28.0 Å². The molecule has 0 amide bonds. The molecule has 104 valence electrons. The number of hydrogen-bond donors (Lipinski definition) is 2. The third-order valence-corrected chi connectivity index (χ3v) is 5.13. The number of aromatic nitrogens is 1. The minimum Gasteiger partial charge on any atom is -0.462 e. The standard InChI is InChI=1S/C11H14N2O4S2/c1-7(11-12-3-4-18-11)13-19(15,16)10-5-9(6-14)17-8(10)2/h3-5,7,13-14H,6H2,1-2H3. The van der Waals surface area contributed by atoms with E-state index in [9.17, 15) is 8.42 Å². The summed E-state index contributed by atoms with van der Waals surface area (Å²) in [5.74, 6) is 0.475. The van der Waals surface area contributed by atoms with E-state index in [1.54, 1.807) is 25.4 Å².